The summed E-state index contributed by atoms with van der Waals surface area (Å²) in [6.07, 6.45) is -3.42. The van der Waals surface area contributed by atoms with Crippen LogP contribution >= 0.6 is 0 Å². The van der Waals surface area contributed by atoms with E-state index >= 15 is 0 Å². The van der Waals surface area contributed by atoms with Crippen LogP contribution in [0.25, 0.3) is 17.0 Å². The molecule has 8 heteroatoms. The lowest BCUT2D eigenvalue weighted by Crippen LogP contribution is -2.06. The fourth-order valence-electron chi connectivity index (χ4n) is 2.02. The standard InChI is InChI=1S/C13H9F3N4O/c1-7-12(9-3-5-11(21)19-18-9)17-10-4-2-8(6-20(7)10)13(14,15)16/h2-6H,1H3,(H,19,21). The Morgan fingerprint density at radius 2 is 1.86 bits per heavy atom. The SMILES string of the molecule is Cc1c(-c2ccc(O)nn2)nc2ccc(C(F)(F)F)cn12. The van der Waals surface area contributed by atoms with E-state index in [4.69, 9.17) is 5.11 Å². The van der Waals surface area contributed by atoms with Crippen molar-refractivity contribution in [3.8, 4) is 17.3 Å². The van der Waals surface area contributed by atoms with Crippen LogP contribution in [-0.4, -0.2) is 24.7 Å². The van der Waals surface area contributed by atoms with Gasteiger partial charge in [-0.2, -0.15) is 13.2 Å². The Morgan fingerprint density at radius 1 is 1.10 bits per heavy atom. The number of imidazole rings is 1. The molecule has 0 radical (unpaired) electrons. The number of rotatable bonds is 1. The number of hydrogen-bond donors (Lipinski definition) is 1. The third kappa shape index (κ3) is 2.28. The zero-order valence-electron chi connectivity index (χ0n) is 10.8. The molecule has 3 aromatic heterocycles. The molecule has 0 amide bonds. The first kappa shape index (κ1) is 13.3. The van der Waals surface area contributed by atoms with E-state index in [9.17, 15) is 13.2 Å². The highest BCUT2D eigenvalue weighted by atomic mass is 19.4. The van der Waals surface area contributed by atoms with E-state index in [-0.39, 0.29) is 5.88 Å². The van der Waals surface area contributed by atoms with Crippen molar-refractivity contribution >= 4 is 5.65 Å². The molecule has 1 N–H and O–H groups in total. The molecular weight excluding hydrogens is 285 g/mol. The Hall–Kier alpha value is -2.64. The summed E-state index contributed by atoms with van der Waals surface area (Å²) in [4.78, 5) is 4.25. The van der Waals surface area contributed by atoms with E-state index in [0.29, 0.717) is 22.7 Å². The van der Waals surface area contributed by atoms with Gasteiger partial charge in [0.25, 0.3) is 0 Å². The highest BCUT2D eigenvalue weighted by molar-refractivity contribution is 5.63. The molecule has 0 unspecified atom stereocenters. The van der Waals surface area contributed by atoms with Crippen molar-refractivity contribution in [1.29, 1.82) is 0 Å². The first-order valence-corrected chi connectivity index (χ1v) is 5.95. The molecule has 0 atom stereocenters. The van der Waals surface area contributed by atoms with Gasteiger partial charge in [0.15, 0.2) is 0 Å². The molecule has 3 heterocycles. The van der Waals surface area contributed by atoms with Crippen LogP contribution in [0.15, 0.2) is 30.5 Å². The summed E-state index contributed by atoms with van der Waals surface area (Å²) in [5.74, 6) is -0.237. The van der Waals surface area contributed by atoms with Gasteiger partial charge in [-0.3, -0.25) is 0 Å². The third-order valence-corrected chi connectivity index (χ3v) is 3.08. The molecule has 0 aliphatic carbocycles. The molecule has 3 rings (SSSR count). The van der Waals surface area contributed by atoms with Crippen LogP contribution in [0.3, 0.4) is 0 Å². The largest absolute Gasteiger partial charge is 0.492 e. The van der Waals surface area contributed by atoms with E-state index < -0.39 is 11.7 Å². The normalized spacial score (nSPS) is 12.0. The van der Waals surface area contributed by atoms with E-state index in [1.54, 1.807) is 6.92 Å². The number of fused-ring (bicyclic) bond motifs is 1. The molecule has 5 nitrogen and oxygen atoms in total. The summed E-state index contributed by atoms with van der Waals surface area (Å²) in [5.41, 5.74) is 0.935. The lowest BCUT2D eigenvalue weighted by molar-refractivity contribution is -0.137. The number of pyridine rings is 1. The lowest BCUT2D eigenvalue weighted by atomic mass is 10.2. The fourth-order valence-corrected chi connectivity index (χ4v) is 2.02. The van der Waals surface area contributed by atoms with E-state index in [0.717, 1.165) is 12.3 Å². The molecule has 21 heavy (non-hydrogen) atoms. The monoisotopic (exact) mass is 294 g/mol. The van der Waals surface area contributed by atoms with Gasteiger partial charge < -0.3 is 9.51 Å². The number of aromatic hydroxyl groups is 1. The van der Waals surface area contributed by atoms with Gasteiger partial charge in [0, 0.05) is 18.0 Å². The number of nitrogens with zero attached hydrogens (tertiary/aromatic N) is 4. The lowest BCUT2D eigenvalue weighted by Gasteiger charge is -2.07. The topological polar surface area (TPSA) is 63.3 Å². The zero-order chi connectivity index (χ0) is 15.2. The van der Waals surface area contributed by atoms with Crippen molar-refractivity contribution < 1.29 is 18.3 Å². The molecule has 108 valence electrons. The maximum atomic E-state index is 12.7. The molecule has 0 spiro atoms. The molecular formula is C13H9F3N4O. The summed E-state index contributed by atoms with van der Waals surface area (Å²) < 4.78 is 39.6. The first-order valence-electron chi connectivity index (χ1n) is 5.95. The molecule has 3 aromatic rings. The minimum absolute atomic E-state index is 0.237. The number of aromatic nitrogens is 4. The van der Waals surface area contributed by atoms with Gasteiger partial charge in [-0.15, -0.1) is 10.2 Å². The van der Waals surface area contributed by atoms with Crippen LogP contribution in [0.4, 0.5) is 13.2 Å². The van der Waals surface area contributed by atoms with Crippen LogP contribution in [0.1, 0.15) is 11.3 Å². The molecule has 0 bridgehead atoms. The van der Waals surface area contributed by atoms with Crippen LogP contribution in [0, 0.1) is 6.92 Å². The van der Waals surface area contributed by atoms with Gasteiger partial charge in [-0.05, 0) is 25.1 Å². The minimum atomic E-state index is -4.41. The average Bonchev–Trinajstić information content (AvgIpc) is 2.76. The summed E-state index contributed by atoms with van der Waals surface area (Å²) in [7, 11) is 0. The Morgan fingerprint density at radius 3 is 2.48 bits per heavy atom. The van der Waals surface area contributed by atoms with Crippen molar-refractivity contribution in [2.45, 2.75) is 13.1 Å². The Bertz CT molecular complexity index is 809. The van der Waals surface area contributed by atoms with Crippen molar-refractivity contribution in [2.75, 3.05) is 0 Å². The first-order chi connectivity index (χ1) is 9.86. The van der Waals surface area contributed by atoms with Gasteiger partial charge in [0.2, 0.25) is 5.88 Å². The molecule has 0 saturated heterocycles. The second-order valence-corrected chi connectivity index (χ2v) is 4.47. The van der Waals surface area contributed by atoms with Gasteiger partial charge >= 0.3 is 6.18 Å². The van der Waals surface area contributed by atoms with Crippen molar-refractivity contribution in [3.63, 3.8) is 0 Å². The van der Waals surface area contributed by atoms with E-state index in [2.05, 4.69) is 15.2 Å². The van der Waals surface area contributed by atoms with Crippen LogP contribution in [0.2, 0.25) is 0 Å². The predicted octanol–water partition coefficient (Wildman–Crippen LogP) is 2.82. The maximum Gasteiger partial charge on any atom is 0.417 e. The highest BCUT2D eigenvalue weighted by Crippen LogP contribution is 2.30. The van der Waals surface area contributed by atoms with Crippen LogP contribution < -0.4 is 0 Å². The maximum absolute atomic E-state index is 12.7. The molecule has 0 aliphatic heterocycles. The molecule has 0 aromatic carbocycles. The quantitative estimate of drug-likeness (QED) is 0.749. The number of aryl methyl sites for hydroxylation is 1. The number of halogens is 3. The number of hydrogen-bond acceptors (Lipinski definition) is 4. The fraction of sp³-hybridized carbons (Fsp3) is 0.154. The van der Waals surface area contributed by atoms with E-state index in [1.165, 1.54) is 22.6 Å². The second kappa shape index (κ2) is 4.44. The third-order valence-electron chi connectivity index (χ3n) is 3.08. The minimum Gasteiger partial charge on any atom is -0.492 e. The second-order valence-electron chi connectivity index (χ2n) is 4.47. The summed E-state index contributed by atoms with van der Waals surface area (Å²) in [6.45, 7) is 1.64. The van der Waals surface area contributed by atoms with Crippen molar-refractivity contribution in [3.05, 3.63) is 41.7 Å². The average molecular weight is 294 g/mol. The summed E-state index contributed by atoms with van der Waals surface area (Å²) >= 11 is 0. The van der Waals surface area contributed by atoms with Gasteiger partial charge in [-0.25, -0.2) is 4.98 Å². The molecule has 0 saturated carbocycles. The summed E-state index contributed by atoms with van der Waals surface area (Å²) in [6, 6.07) is 5.12. The van der Waals surface area contributed by atoms with Crippen molar-refractivity contribution in [1.82, 2.24) is 19.6 Å². The molecule has 0 aliphatic rings. The van der Waals surface area contributed by atoms with Crippen molar-refractivity contribution in [2.24, 2.45) is 0 Å². The summed E-state index contributed by atoms with van der Waals surface area (Å²) in [5, 5.41) is 16.4. The predicted molar refractivity (Wildman–Crippen MR) is 67.6 cm³/mol. The zero-order valence-corrected chi connectivity index (χ0v) is 10.8. The van der Waals surface area contributed by atoms with E-state index in [1.807, 2.05) is 0 Å². The Labute approximate surface area is 116 Å². The number of alkyl halides is 3. The highest BCUT2D eigenvalue weighted by Gasteiger charge is 2.31. The van der Waals surface area contributed by atoms with Crippen LogP contribution in [-0.2, 0) is 6.18 Å². The Balaban J connectivity index is 2.18. The van der Waals surface area contributed by atoms with Gasteiger partial charge in [0.1, 0.15) is 17.0 Å². The molecule has 0 fully saturated rings. The smallest absolute Gasteiger partial charge is 0.417 e. The van der Waals surface area contributed by atoms with Gasteiger partial charge in [-0.1, -0.05) is 0 Å². The Kier molecular flexibility index (Phi) is 2.82. The van der Waals surface area contributed by atoms with Gasteiger partial charge in [0.05, 0.1) is 5.56 Å². The van der Waals surface area contributed by atoms with Crippen LogP contribution in [0.5, 0.6) is 5.88 Å².